The normalized spacial score (nSPS) is 35.1. The molecular formula is C22H38O5Si. The van der Waals surface area contributed by atoms with Crippen LogP contribution in [0.25, 0.3) is 0 Å². The quantitative estimate of drug-likeness (QED) is 0.479. The molecule has 5 nitrogen and oxygen atoms in total. The Labute approximate surface area is 171 Å². The highest BCUT2D eigenvalue weighted by Gasteiger charge is 2.73. The summed E-state index contributed by atoms with van der Waals surface area (Å²) in [6, 6.07) is 0. The summed E-state index contributed by atoms with van der Waals surface area (Å²) in [5, 5.41) is 0.0824. The molecule has 1 heterocycles. The van der Waals surface area contributed by atoms with E-state index in [0.717, 1.165) is 19.3 Å². The molecule has 0 aromatic carbocycles. The molecule has 3 fully saturated rings. The SMILES string of the molecule is CC(C)(C)OC(=O)C[C@@H]1[C@@H]2CCC[C@]23C[C@]1(CO[Si](C)(C)C(C)(C)C)OC3=O. The van der Waals surface area contributed by atoms with Crippen molar-refractivity contribution in [1.29, 1.82) is 0 Å². The summed E-state index contributed by atoms with van der Waals surface area (Å²) >= 11 is 0. The smallest absolute Gasteiger partial charge is 0.313 e. The third-order valence-electron chi connectivity index (χ3n) is 7.62. The van der Waals surface area contributed by atoms with Crippen molar-refractivity contribution >= 4 is 20.3 Å². The Balaban J connectivity index is 1.84. The molecule has 2 bridgehead atoms. The van der Waals surface area contributed by atoms with Gasteiger partial charge in [-0.3, -0.25) is 9.59 Å². The third kappa shape index (κ3) is 3.55. The molecule has 2 aliphatic carbocycles. The van der Waals surface area contributed by atoms with Gasteiger partial charge >= 0.3 is 11.9 Å². The van der Waals surface area contributed by atoms with Gasteiger partial charge in [0.05, 0.1) is 18.4 Å². The lowest BCUT2D eigenvalue weighted by Gasteiger charge is -2.42. The fourth-order valence-corrected chi connectivity index (χ4v) is 6.30. The first kappa shape index (κ1) is 21.8. The summed E-state index contributed by atoms with van der Waals surface area (Å²) in [5.41, 5.74) is -1.58. The first-order valence-electron chi connectivity index (χ1n) is 10.7. The molecule has 160 valence electrons. The standard InChI is InChI=1S/C22H38O5Si/c1-19(2,3)26-17(23)12-16-15-10-9-11-21(15)13-22(16,27-18(21)24)14-25-28(7,8)20(4,5)6/h15-16H,9-14H2,1-8H3/t15-,16+,21-,22+/m0/s1. The summed E-state index contributed by atoms with van der Waals surface area (Å²) in [5.74, 6) is -0.0549. The Morgan fingerprint density at radius 1 is 1.21 bits per heavy atom. The van der Waals surface area contributed by atoms with Crippen molar-refractivity contribution in [2.45, 2.75) is 103 Å². The van der Waals surface area contributed by atoms with Crippen LogP contribution in [-0.2, 0) is 23.5 Å². The first-order valence-corrected chi connectivity index (χ1v) is 13.6. The summed E-state index contributed by atoms with van der Waals surface area (Å²) in [4.78, 5) is 25.5. The molecule has 2 saturated carbocycles. The van der Waals surface area contributed by atoms with Gasteiger partial charge in [0.15, 0.2) is 8.32 Å². The van der Waals surface area contributed by atoms with Gasteiger partial charge in [-0.05, 0) is 57.7 Å². The lowest BCUT2D eigenvalue weighted by Crippen LogP contribution is -2.51. The van der Waals surface area contributed by atoms with Crippen LogP contribution >= 0.6 is 0 Å². The molecular weight excluding hydrogens is 372 g/mol. The third-order valence-corrected chi connectivity index (χ3v) is 12.1. The monoisotopic (exact) mass is 410 g/mol. The van der Waals surface area contributed by atoms with Crippen molar-refractivity contribution in [1.82, 2.24) is 0 Å². The minimum atomic E-state index is -1.99. The largest absolute Gasteiger partial charge is 0.460 e. The van der Waals surface area contributed by atoms with E-state index in [0.29, 0.717) is 19.4 Å². The van der Waals surface area contributed by atoms with Crippen LogP contribution in [0.4, 0.5) is 0 Å². The molecule has 0 N–H and O–H groups in total. The molecule has 0 amide bonds. The predicted octanol–water partition coefficient (Wildman–Crippen LogP) is 4.84. The number of hydrogen-bond acceptors (Lipinski definition) is 5. The van der Waals surface area contributed by atoms with E-state index < -0.39 is 24.9 Å². The van der Waals surface area contributed by atoms with Gasteiger partial charge in [-0.25, -0.2) is 0 Å². The van der Waals surface area contributed by atoms with Crippen molar-refractivity contribution in [3.8, 4) is 0 Å². The molecule has 1 spiro atoms. The highest BCUT2D eigenvalue weighted by molar-refractivity contribution is 6.74. The van der Waals surface area contributed by atoms with Crippen LogP contribution in [0.1, 0.15) is 73.6 Å². The van der Waals surface area contributed by atoms with Gasteiger partial charge in [0, 0.05) is 12.3 Å². The van der Waals surface area contributed by atoms with Crippen molar-refractivity contribution in [2.75, 3.05) is 6.61 Å². The van der Waals surface area contributed by atoms with Crippen molar-refractivity contribution in [3.63, 3.8) is 0 Å². The maximum absolute atomic E-state index is 12.8. The maximum atomic E-state index is 12.8. The zero-order valence-electron chi connectivity index (χ0n) is 18.9. The fourth-order valence-electron chi connectivity index (χ4n) is 5.26. The van der Waals surface area contributed by atoms with Crippen molar-refractivity contribution in [3.05, 3.63) is 0 Å². The summed E-state index contributed by atoms with van der Waals surface area (Å²) in [7, 11) is -1.99. The van der Waals surface area contributed by atoms with Gasteiger partial charge in [0.1, 0.15) is 11.2 Å². The fraction of sp³-hybridized carbons (Fsp3) is 0.909. The van der Waals surface area contributed by atoms with Crippen LogP contribution in [0.15, 0.2) is 0 Å². The van der Waals surface area contributed by atoms with Gasteiger partial charge in [-0.1, -0.05) is 27.2 Å². The second kappa shape index (κ2) is 6.56. The Kier molecular flexibility index (Phi) is 5.11. The van der Waals surface area contributed by atoms with E-state index in [1.165, 1.54) is 0 Å². The van der Waals surface area contributed by atoms with Crippen LogP contribution in [0, 0.1) is 17.3 Å². The summed E-state index contributed by atoms with van der Waals surface area (Å²) < 4.78 is 18.2. The van der Waals surface area contributed by atoms with E-state index in [9.17, 15) is 9.59 Å². The van der Waals surface area contributed by atoms with E-state index in [-0.39, 0.29) is 28.8 Å². The molecule has 1 aliphatic heterocycles. The van der Waals surface area contributed by atoms with Crippen LogP contribution in [-0.4, -0.2) is 38.1 Å². The van der Waals surface area contributed by atoms with Crippen LogP contribution < -0.4 is 0 Å². The average molecular weight is 411 g/mol. The molecule has 3 rings (SSSR count). The number of carbonyl (C=O) groups excluding carboxylic acids is 2. The zero-order valence-corrected chi connectivity index (χ0v) is 19.9. The van der Waals surface area contributed by atoms with Crippen molar-refractivity contribution in [2.24, 2.45) is 17.3 Å². The lowest BCUT2D eigenvalue weighted by molar-refractivity contribution is -0.181. The Morgan fingerprint density at radius 2 is 1.86 bits per heavy atom. The summed E-state index contributed by atoms with van der Waals surface area (Å²) in [6.07, 6.45) is 3.90. The Morgan fingerprint density at radius 3 is 2.43 bits per heavy atom. The molecule has 3 aliphatic rings. The van der Waals surface area contributed by atoms with Crippen LogP contribution in [0.3, 0.4) is 0 Å². The second-order valence-electron chi connectivity index (χ2n) is 11.7. The van der Waals surface area contributed by atoms with Crippen LogP contribution in [0.2, 0.25) is 18.1 Å². The molecule has 0 aromatic heterocycles. The zero-order chi connectivity index (χ0) is 21.2. The predicted molar refractivity (Wildman–Crippen MR) is 110 cm³/mol. The molecule has 1 saturated heterocycles. The minimum Gasteiger partial charge on any atom is -0.460 e. The van der Waals surface area contributed by atoms with Crippen molar-refractivity contribution < 1.29 is 23.5 Å². The van der Waals surface area contributed by atoms with Gasteiger partial charge in [-0.2, -0.15) is 0 Å². The lowest BCUT2D eigenvalue weighted by atomic mass is 9.76. The van der Waals surface area contributed by atoms with E-state index in [2.05, 4.69) is 33.9 Å². The topological polar surface area (TPSA) is 61.8 Å². The summed E-state index contributed by atoms with van der Waals surface area (Å²) in [6.45, 7) is 17.1. The molecule has 0 unspecified atom stereocenters. The van der Waals surface area contributed by atoms with Gasteiger partial charge in [0.25, 0.3) is 0 Å². The number of fused-ring (bicyclic) bond motifs is 1. The highest BCUT2D eigenvalue weighted by atomic mass is 28.4. The molecule has 0 aromatic rings. The van der Waals surface area contributed by atoms with E-state index in [4.69, 9.17) is 13.9 Å². The average Bonchev–Trinajstić information content (AvgIpc) is 3.10. The van der Waals surface area contributed by atoms with Gasteiger partial charge in [-0.15, -0.1) is 0 Å². The van der Waals surface area contributed by atoms with Crippen LogP contribution in [0.5, 0.6) is 0 Å². The molecule has 0 radical (unpaired) electrons. The Hall–Kier alpha value is -0.883. The van der Waals surface area contributed by atoms with E-state index in [1.807, 2.05) is 20.8 Å². The number of carbonyl (C=O) groups is 2. The minimum absolute atomic E-state index is 0.00711. The van der Waals surface area contributed by atoms with Gasteiger partial charge in [0.2, 0.25) is 0 Å². The molecule has 6 heteroatoms. The second-order valence-corrected chi connectivity index (χ2v) is 16.5. The van der Waals surface area contributed by atoms with Gasteiger partial charge < -0.3 is 13.9 Å². The maximum Gasteiger partial charge on any atom is 0.313 e. The number of rotatable bonds is 5. The molecule has 28 heavy (non-hydrogen) atoms. The number of hydrogen-bond donors (Lipinski definition) is 0. The van der Waals surface area contributed by atoms with E-state index in [1.54, 1.807) is 0 Å². The Bertz CT molecular complexity index is 659. The first-order chi connectivity index (χ1) is 12.6. The number of esters is 2. The van der Waals surface area contributed by atoms with E-state index >= 15 is 0 Å². The molecule has 4 atom stereocenters. The number of ether oxygens (including phenoxy) is 2. The highest BCUT2D eigenvalue weighted by Crippen LogP contribution is 2.68.